The van der Waals surface area contributed by atoms with Crippen molar-refractivity contribution in [2.24, 2.45) is 0 Å². The minimum atomic E-state index is 0.414. The summed E-state index contributed by atoms with van der Waals surface area (Å²) in [5.74, 6) is 0. The molecule has 0 spiro atoms. The van der Waals surface area contributed by atoms with Crippen molar-refractivity contribution < 1.29 is 4.74 Å². The van der Waals surface area contributed by atoms with Gasteiger partial charge in [0, 0.05) is 25.9 Å². The molecule has 0 aliphatic heterocycles. The van der Waals surface area contributed by atoms with Gasteiger partial charge in [0.2, 0.25) is 0 Å². The minimum absolute atomic E-state index is 0.414. The molecule has 0 radical (unpaired) electrons. The highest BCUT2D eigenvalue weighted by Gasteiger charge is 2.07. The van der Waals surface area contributed by atoms with Crippen molar-refractivity contribution in [2.75, 3.05) is 13.7 Å². The van der Waals surface area contributed by atoms with Crippen LogP contribution in [0.3, 0.4) is 0 Å². The van der Waals surface area contributed by atoms with Gasteiger partial charge in [-0.25, -0.2) is 0 Å². The molecule has 1 unspecified atom stereocenters. The summed E-state index contributed by atoms with van der Waals surface area (Å²) in [6, 6.07) is 4.55. The van der Waals surface area contributed by atoms with E-state index in [4.69, 9.17) is 4.74 Å². The van der Waals surface area contributed by atoms with Crippen molar-refractivity contribution in [1.29, 1.82) is 0 Å². The van der Waals surface area contributed by atoms with Crippen LogP contribution >= 0.6 is 0 Å². The topological polar surface area (TPSA) is 34.2 Å². The molecule has 0 amide bonds. The number of nitrogens with zero attached hydrogens (tertiary/aromatic N) is 1. The molecule has 1 aromatic rings. The molecule has 0 aliphatic carbocycles. The molecule has 3 nitrogen and oxygen atoms in total. The lowest BCUT2D eigenvalue weighted by Crippen LogP contribution is -2.32. The highest BCUT2D eigenvalue weighted by atomic mass is 16.5. The van der Waals surface area contributed by atoms with E-state index in [0.29, 0.717) is 6.04 Å². The summed E-state index contributed by atoms with van der Waals surface area (Å²) in [7, 11) is 1.74. The number of hydrogen-bond acceptors (Lipinski definition) is 3. The highest BCUT2D eigenvalue weighted by Crippen LogP contribution is 2.06. The molecule has 0 aromatic carbocycles. The van der Waals surface area contributed by atoms with E-state index in [9.17, 15) is 0 Å². The van der Waals surface area contributed by atoms with Gasteiger partial charge in [-0.2, -0.15) is 0 Å². The number of aromatic nitrogens is 1. The second-order valence-corrected chi connectivity index (χ2v) is 3.90. The zero-order chi connectivity index (χ0) is 11.8. The Kier molecular flexibility index (Phi) is 6.04. The maximum atomic E-state index is 5.16. The molecule has 1 rings (SSSR count). The minimum Gasteiger partial charge on any atom is -0.383 e. The van der Waals surface area contributed by atoms with E-state index in [2.05, 4.69) is 30.2 Å². The Morgan fingerprint density at radius 1 is 1.44 bits per heavy atom. The van der Waals surface area contributed by atoms with Gasteiger partial charge in [-0.3, -0.25) is 4.98 Å². The van der Waals surface area contributed by atoms with Gasteiger partial charge in [-0.1, -0.05) is 19.9 Å². The van der Waals surface area contributed by atoms with Crippen molar-refractivity contribution in [1.82, 2.24) is 10.3 Å². The molecule has 0 saturated carbocycles. The maximum absolute atomic E-state index is 5.16. The maximum Gasteiger partial charge on any atom is 0.0615 e. The molecule has 90 valence electrons. The van der Waals surface area contributed by atoms with Gasteiger partial charge < -0.3 is 10.1 Å². The zero-order valence-corrected chi connectivity index (χ0v) is 10.5. The number of aryl methyl sites for hydroxylation is 1. The average Bonchev–Trinajstić information content (AvgIpc) is 2.34. The van der Waals surface area contributed by atoms with Crippen LogP contribution in [-0.4, -0.2) is 24.7 Å². The summed E-state index contributed by atoms with van der Waals surface area (Å²) >= 11 is 0. The van der Waals surface area contributed by atoms with Crippen LogP contribution in [0.15, 0.2) is 18.3 Å². The van der Waals surface area contributed by atoms with E-state index in [-0.39, 0.29) is 0 Å². The van der Waals surface area contributed by atoms with Crippen molar-refractivity contribution in [3.8, 4) is 0 Å². The Bertz CT molecular complexity index is 302. The SMILES string of the molecule is CCc1cccnc1CNC(CC)COC. The van der Waals surface area contributed by atoms with Gasteiger partial charge >= 0.3 is 0 Å². The van der Waals surface area contributed by atoms with E-state index in [0.717, 1.165) is 31.7 Å². The second kappa shape index (κ2) is 7.36. The van der Waals surface area contributed by atoms with Gasteiger partial charge in [-0.15, -0.1) is 0 Å². The molecule has 0 saturated heterocycles. The third kappa shape index (κ3) is 3.91. The Labute approximate surface area is 98.2 Å². The average molecular weight is 222 g/mol. The van der Waals surface area contributed by atoms with Crippen LogP contribution in [0.2, 0.25) is 0 Å². The summed E-state index contributed by atoms with van der Waals surface area (Å²) < 4.78 is 5.16. The van der Waals surface area contributed by atoms with Crippen molar-refractivity contribution in [2.45, 2.75) is 39.3 Å². The first-order valence-corrected chi connectivity index (χ1v) is 5.96. The molecule has 3 heteroatoms. The normalized spacial score (nSPS) is 12.7. The molecular weight excluding hydrogens is 200 g/mol. The first kappa shape index (κ1) is 13.1. The van der Waals surface area contributed by atoms with Crippen molar-refractivity contribution >= 4 is 0 Å². The summed E-state index contributed by atoms with van der Waals surface area (Å²) in [4.78, 5) is 4.41. The lowest BCUT2D eigenvalue weighted by Gasteiger charge is -2.16. The van der Waals surface area contributed by atoms with Crippen molar-refractivity contribution in [3.05, 3.63) is 29.6 Å². The molecule has 1 heterocycles. The van der Waals surface area contributed by atoms with Gasteiger partial charge in [0.1, 0.15) is 0 Å². The van der Waals surface area contributed by atoms with Crippen LogP contribution in [0.1, 0.15) is 31.5 Å². The monoisotopic (exact) mass is 222 g/mol. The van der Waals surface area contributed by atoms with Crippen LogP contribution in [0.4, 0.5) is 0 Å². The number of hydrogen-bond donors (Lipinski definition) is 1. The summed E-state index contributed by atoms with van der Waals surface area (Å²) in [6.45, 7) is 5.90. The van der Waals surface area contributed by atoms with E-state index in [1.807, 2.05) is 12.3 Å². The molecular formula is C13H22N2O. The Balaban J connectivity index is 2.52. The third-order valence-corrected chi connectivity index (χ3v) is 2.78. The predicted molar refractivity (Wildman–Crippen MR) is 66.4 cm³/mol. The number of ether oxygens (including phenoxy) is 1. The second-order valence-electron chi connectivity index (χ2n) is 3.90. The fourth-order valence-electron chi connectivity index (χ4n) is 1.72. The molecule has 0 bridgehead atoms. The van der Waals surface area contributed by atoms with E-state index >= 15 is 0 Å². The first-order chi connectivity index (χ1) is 7.81. The largest absolute Gasteiger partial charge is 0.383 e. The number of pyridine rings is 1. The van der Waals surface area contributed by atoms with Crippen LogP contribution < -0.4 is 5.32 Å². The third-order valence-electron chi connectivity index (χ3n) is 2.78. The Morgan fingerprint density at radius 2 is 2.25 bits per heavy atom. The summed E-state index contributed by atoms with van der Waals surface area (Å²) in [5, 5.41) is 3.47. The molecule has 0 aliphatic rings. The van der Waals surface area contributed by atoms with Crippen molar-refractivity contribution in [3.63, 3.8) is 0 Å². The van der Waals surface area contributed by atoms with E-state index in [1.54, 1.807) is 7.11 Å². The van der Waals surface area contributed by atoms with Crippen LogP contribution in [-0.2, 0) is 17.7 Å². The number of rotatable bonds is 7. The van der Waals surface area contributed by atoms with Gasteiger partial charge in [0.05, 0.1) is 12.3 Å². The molecule has 1 N–H and O–H groups in total. The summed E-state index contributed by atoms with van der Waals surface area (Å²) in [6.07, 6.45) is 3.96. The van der Waals surface area contributed by atoms with E-state index < -0.39 is 0 Å². The van der Waals surface area contributed by atoms with Crippen LogP contribution in [0.5, 0.6) is 0 Å². The standard InChI is InChI=1S/C13H22N2O/c1-4-11-7-6-8-14-13(11)9-15-12(5-2)10-16-3/h6-8,12,15H,4-5,9-10H2,1-3H3. The lowest BCUT2D eigenvalue weighted by atomic mass is 10.1. The van der Waals surface area contributed by atoms with Gasteiger partial charge in [-0.05, 0) is 24.5 Å². The fraction of sp³-hybridized carbons (Fsp3) is 0.615. The molecule has 16 heavy (non-hydrogen) atoms. The Morgan fingerprint density at radius 3 is 2.88 bits per heavy atom. The first-order valence-electron chi connectivity index (χ1n) is 5.96. The van der Waals surface area contributed by atoms with Gasteiger partial charge in [0.15, 0.2) is 0 Å². The molecule has 0 fully saturated rings. The van der Waals surface area contributed by atoms with Gasteiger partial charge in [0.25, 0.3) is 0 Å². The van der Waals surface area contributed by atoms with E-state index in [1.165, 1.54) is 5.56 Å². The van der Waals surface area contributed by atoms with Crippen LogP contribution in [0, 0.1) is 0 Å². The smallest absolute Gasteiger partial charge is 0.0615 e. The summed E-state index contributed by atoms with van der Waals surface area (Å²) in [5.41, 5.74) is 2.47. The van der Waals surface area contributed by atoms with Crippen LogP contribution in [0.25, 0.3) is 0 Å². The number of nitrogens with one attached hydrogen (secondary N) is 1. The fourth-order valence-corrected chi connectivity index (χ4v) is 1.72. The zero-order valence-electron chi connectivity index (χ0n) is 10.5. The molecule has 1 aromatic heterocycles. The molecule has 1 atom stereocenters. The number of methoxy groups -OCH3 is 1. The lowest BCUT2D eigenvalue weighted by molar-refractivity contribution is 0.163. The quantitative estimate of drug-likeness (QED) is 0.767. The highest BCUT2D eigenvalue weighted by molar-refractivity contribution is 5.19. The predicted octanol–water partition coefficient (Wildman–Crippen LogP) is 2.16. The Hall–Kier alpha value is -0.930.